The molecule has 1 aliphatic heterocycles. The molecule has 4 rings (SSSR count). The molecule has 2 heterocycles. The molecule has 2 aromatic carbocycles. The minimum atomic E-state index is -0.340. The number of nitrogens with zero attached hydrogens (tertiary/aromatic N) is 5. The molecule has 11 nitrogen and oxygen atoms in total. The highest BCUT2D eigenvalue weighted by molar-refractivity contribution is 6.33. The van der Waals surface area contributed by atoms with E-state index in [0.29, 0.717) is 34.5 Å². The average Bonchev–Trinajstić information content (AvgIpc) is 3.39. The van der Waals surface area contributed by atoms with Crippen LogP contribution in [0.2, 0.25) is 5.02 Å². The van der Waals surface area contributed by atoms with Gasteiger partial charge in [-0.25, -0.2) is 4.98 Å². The predicted octanol–water partition coefficient (Wildman–Crippen LogP) is 4.66. The molecule has 1 aromatic heterocycles. The summed E-state index contributed by atoms with van der Waals surface area (Å²) in [7, 11) is 7.52. The van der Waals surface area contributed by atoms with E-state index in [1.165, 1.54) is 12.3 Å². The van der Waals surface area contributed by atoms with Crippen molar-refractivity contribution in [3.05, 3.63) is 59.8 Å². The fourth-order valence-corrected chi connectivity index (χ4v) is 4.68. The predicted molar refractivity (Wildman–Crippen MR) is 165 cm³/mol. The van der Waals surface area contributed by atoms with Crippen LogP contribution in [-0.2, 0) is 16.0 Å². The third-order valence-corrected chi connectivity index (χ3v) is 6.95. The van der Waals surface area contributed by atoms with Gasteiger partial charge in [-0.3, -0.25) is 9.59 Å². The Morgan fingerprint density at radius 2 is 1.93 bits per heavy atom. The van der Waals surface area contributed by atoms with Crippen molar-refractivity contribution in [2.24, 2.45) is 0 Å². The number of amides is 2. The summed E-state index contributed by atoms with van der Waals surface area (Å²) in [5, 5.41) is 9.66. The highest BCUT2D eigenvalue weighted by atomic mass is 35.5. The highest BCUT2D eigenvalue weighted by Crippen LogP contribution is 2.40. The number of nitrogens with one attached hydrogen (secondary N) is 3. The Bertz CT molecular complexity index is 1460. The lowest BCUT2D eigenvalue weighted by molar-refractivity contribution is -0.116. The summed E-state index contributed by atoms with van der Waals surface area (Å²) in [6, 6.07) is 9.43. The van der Waals surface area contributed by atoms with E-state index in [9.17, 15) is 9.59 Å². The molecule has 0 saturated carbocycles. The van der Waals surface area contributed by atoms with Crippen LogP contribution in [0.4, 0.5) is 40.2 Å². The van der Waals surface area contributed by atoms with Crippen LogP contribution in [0.3, 0.4) is 0 Å². The van der Waals surface area contributed by atoms with Crippen molar-refractivity contribution in [1.82, 2.24) is 14.9 Å². The summed E-state index contributed by atoms with van der Waals surface area (Å²) < 4.78 is 5.69. The maximum Gasteiger partial charge on any atom is 0.247 e. The third-order valence-electron chi connectivity index (χ3n) is 6.67. The lowest BCUT2D eigenvalue weighted by Crippen LogP contribution is -2.29. The second kappa shape index (κ2) is 12.9. The van der Waals surface area contributed by atoms with E-state index in [-0.39, 0.29) is 17.8 Å². The van der Waals surface area contributed by atoms with Crippen molar-refractivity contribution in [2.75, 3.05) is 73.6 Å². The van der Waals surface area contributed by atoms with Crippen molar-refractivity contribution in [3.63, 3.8) is 0 Å². The van der Waals surface area contributed by atoms with E-state index in [2.05, 4.69) is 37.4 Å². The van der Waals surface area contributed by atoms with Crippen molar-refractivity contribution in [1.29, 1.82) is 0 Å². The molecule has 216 valence electrons. The number of halogens is 1. The van der Waals surface area contributed by atoms with Gasteiger partial charge in [0.25, 0.3) is 0 Å². The molecular weight excluding hydrogens is 544 g/mol. The normalized spacial score (nSPS) is 12.1. The first-order chi connectivity index (χ1) is 19.6. The highest BCUT2D eigenvalue weighted by Gasteiger charge is 2.26. The van der Waals surface area contributed by atoms with E-state index >= 15 is 0 Å². The molecule has 0 spiro atoms. The molecule has 3 N–H and O–H groups in total. The molecule has 0 unspecified atom stereocenters. The zero-order valence-corrected chi connectivity index (χ0v) is 24.7. The number of methoxy groups -OCH3 is 1. The molecule has 1 aliphatic rings. The number of anilines is 7. The first-order valence-corrected chi connectivity index (χ1v) is 13.5. The average molecular weight is 579 g/mol. The van der Waals surface area contributed by atoms with Gasteiger partial charge in [-0.1, -0.05) is 30.3 Å². The van der Waals surface area contributed by atoms with Gasteiger partial charge in [0.15, 0.2) is 5.82 Å². The standard InChI is InChI=1S/C29H35ClN8O3/c1-7-26(40)32-22-15-23(25(41-6)16-24(22)37(5)14-13-36(3)4)34-29-31-17-20(30)28(35-29)33-21-10-8-9-19-11-12-38(18(2)39)27(19)21/h7-10,15-17H,1,11-14H2,2-6H3,(H,32,40)(H2,31,33,34,35). The van der Waals surface area contributed by atoms with Gasteiger partial charge < -0.3 is 35.4 Å². The Labute approximate surface area is 245 Å². The number of hydrogen-bond donors (Lipinski definition) is 3. The smallest absolute Gasteiger partial charge is 0.247 e. The number of carbonyl (C=O) groups is 2. The van der Waals surface area contributed by atoms with Crippen molar-refractivity contribution < 1.29 is 14.3 Å². The van der Waals surface area contributed by atoms with Crippen LogP contribution in [0.1, 0.15) is 12.5 Å². The van der Waals surface area contributed by atoms with Crippen molar-refractivity contribution in [2.45, 2.75) is 13.3 Å². The molecule has 0 aliphatic carbocycles. The number of ether oxygens (including phenoxy) is 1. The number of rotatable bonds is 11. The van der Waals surface area contributed by atoms with Crippen LogP contribution < -0.4 is 30.5 Å². The molecule has 0 bridgehead atoms. The van der Waals surface area contributed by atoms with E-state index < -0.39 is 0 Å². The summed E-state index contributed by atoms with van der Waals surface area (Å²) >= 11 is 6.48. The Hall–Kier alpha value is -4.35. The second-order valence-electron chi connectivity index (χ2n) is 9.86. The maximum atomic E-state index is 12.3. The van der Waals surface area contributed by atoms with Gasteiger partial charge in [0, 0.05) is 39.7 Å². The van der Waals surface area contributed by atoms with Crippen LogP contribution in [0, 0.1) is 0 Å². The molecular formula is C29H35ClN8O3. The largest absolute Gasteiger partial charge is 0.494 e. The Balaban J connectivity index is 1.67. The van der Waals surface area contributed by atoms with Gasteiger partial charge >= 0.3 is 0 Å². The fourth-order valence-electron chi connectivity index (χ4n) is 4.54. The summed E-state index contributed by atoms with van der Waals surface area (Å²) in [4.78, 5) is 39.3. The summed E-state index contributed by atoms with van der Waals surface area (Å²) in [6.45, 7) is 7.28. The van der Waals surface area contributed by atoms with Crippen molar-refractivity contribution >= 4 is 63.6 Å². The quantitative estimate of drug-likeness (QED) is 0.279. The first kappa shape index (κ1) is 29.6. The number of hydrogen-bond acceptors (Lipinski definition) is 9. The van der Waals surface area contributed by atoms with E-state index in [0.717, 1.165) is 42.1 Å². The fraction of sp³-hybridized carbons (Fsp3) is 0.310. The summed E-state index contributed by atoms with van der Waals surface area (Å²) in [5.74, 6) is 0.774. The SMILES string of the molecule is C=CC(=O)Nc1cc(Nc2ncc(Cl)c(Nc3cccc4c3N(C(C)=O)CC4)n2)c(OC)cc1N(C)CCN(C)C. The zero-order chi connectivity index (χ0) is 29.7. The van der Waals surface area contributed by atoms with Gasteiger partial charge in [0.05, 0.1) is 41.7 Å². The van der Waals surface area contributed by atoms with Gasteiger partial charge in [0.1, 0.15) is 10.8 Å². The number of likely N-dealkylation sites (N-methyl/N-ethyl adjacent to an activating group) is 2. The molecule has 41 heavy (non-hydrogen) atoms. The molecule has 12 heteroatoms. The van der Waals surface area contributed by atoms with Gasteiger partial charge in [0.2, 0.25) is 17.8 Å². The second-order valence-corrected chi connectivity index (χ2v) is 10.3. The first-order valence-electron chi connectivity index (χ1n) is 13.1. The Morgan fingerprint density at radius 3 is 2.61 bits per heavy atom. The molecule has 0 atom stereocenters. The topological polar surface area (TPSA) is 115 Å². The molecule has 0 radical (unpaired) electrons. The van der Waals surface area contributed by atoms with Gasteiger partial charge in [-0.2, -0.15) is 4.98 Å². The van der Waals surface area contributed by atoms with Crippen LogP contribution in [0.15, 0.2) is 49.2 Å². The number of aromatic nitrogens is 2. The monoisotopic (exact) mass is 578 g/mol. The summed E-state index contributed by atoms with van der Waals surface area (Å²) in [6.07, 6.45) is 3.48. The van der Waals surface area contributed by atoms with Gasteiger partial charge in [-0.15, -0.1) is 0 Å². The number of para-hydroxylation sites is 1. The van der Waals surface area contributed by atoms with E-state index in [1.54, 1.807) is 25.0 Å². The number of fused-ring (bicyclic) bond motifs is 1. The molecule has 3 aromatic rings. The maximum absolute atomic E-state index is 12.3. The minimum absolute atomic E-state index is 0.0311. The van der Waals surface area contributed by atoms with Crippen LogP contribution in [0.25, 0.3) is 0 Å². The molecule has 0 saturated heterocycles. The Morgan fingerprint density at radius 1 is 1.15 bits per heavy atom. The zero-order valence-electron chi connectivity index (χ0n) is 23.9. The lowest BCUT2D eigenvalue weighted by Gasteiger charge is -2.26. The van der Waals surface area contributed by atoms with E-state index in [1.807, 2.05) is 50.3 Å². The Kier molecular flexibility index (Phi) is 9.31. The van der Waals surface area contributed by atoms with E-state index in [4.69, 9.17) is 16.3 Å². The lowest BCUT2D eigenvalue weighted by atomic mass is 10.1. The molecule has 2 amide bonds. The third kappa shape index (κ3) is 6.87. The van der Waals surface area contributed by atoms with Gasteiger partial charge in [-0.05, 0) is 44.3 Å². The van der Waals surface area contributed by atoms with Crippen LogP contribution in [-0.4, -0.2) is 74.6 Å². The van der Waals surface area contributed by atoms with Crippen LogP contribution >= 0.6 is 11.6 Å². The number of carbonyl (C=O) groups excluding carboxylic acids is 2. The minimum Gasteiger partial charge on any atom is -0.494 e. The van der Waals surface area contributed by atoms with Crippen molar-refractivity contribution in [3.8, 4) is 5.75 Å². The molecule has 0 fully saturated rings. The summed E-state index contributed by atoms with van der Waals surface area (Å²) in [5.41, 5.74) is 4.49. The number of benzene rings is 2. The van der Waals surface area contributed by atoms with Crippen LogP contribution in [0.5, 0.6) is 5.75 Å².